The summed E-state index contributed by atoms with van der Waals surface area (Å²) in [7, 11) is 2.07. The fourth-order valence-electron chi connectivity index (χ4n) is 4.10. The zero-order valence-electron chi connectivity index (χ0n) is 15.0. The molecule has 1 saturated heterocycles. The molecule has 5 rings (SSSR count). The Morgan fingerprint density at radius 3 is 2.88 bits per heavy atom. The third-order valence-electron chi connectivity index (χ3n) is 5.71. The summed E-state index contributed by atoms with van der Waals surface area (Å²) >= 11 is 7.53. The molecular formula is C19H24N5S2+. The Balaban J connectivity index is 1.45. The number of fused-ring (bicyclic) bond motifs is 1. The van der Waals surface area contributed by atoms with E-state index in [0.717, 1.165) is 23.5 Å². The van der Waals surface area contributed by atoms with Crippen molar-refractivity contribution in [1.29, 1.82) is 0 Å². The molecule has 0 bridgehead atoms. The van der Waals surface area contributed by atoms with E-state index < -0.39 is 0 Å². The lowest BCUT2D eigenvalue weighted by atomic mass is 10.0. The van der Waals surface area contributed by atoms with Gasteiger partial charge in [-0.15, -0.1) is 11.3 Å². The van der Waals surface area contributed by atoms with Gasteiger partial charge in [0.2, 0.25) is 4.77 Å². The molecule has 1 aliphatic carbocycles. The number of nitrogens with one attached hydrogen (secondary N) is 1. The summed E-state index contributed by atoms with van der Waals surface area (Å²) in [4.78, 5) is 6.50. The van der Waals surface area contributed by atoms with Crippen LogP contribution in [0.2, 0.25) is 0 Å². The first kappa shape index (κ1) is 16.6. The van der Waals surface area contributed by atoms with Gasteiger partial charge in [0.1, 0.15) is 11.9 Å². The van der Waals surface area contributed by atoms with Gasteiger partial charge in [0.25, 0.3) is 0 Å². The minimum absolute atomic E-state index is 0.453. The Kier molecular flexibility index (Phi) is 4.18. The highest BCUT2D eigenvalue weighted by Gasteiger charge is 2.33. The number of thiazole rings is 1. The number of nitrogens with zero attached hydrogens (tertiary/aromatic N) is 4. The highest BCUT2D eigenvalue weighted by Crippen LogP contribution is 2.38. The third kappa shape index (κ3) is 2.92. The average Bonchev–Trinajstić information content (AvgIpc) is 3.35. The molecule has 136 valence electrons. The van der Waals surface area contributed by atoms with Crippen molar-refractivity contribution < 1.29 is 4.90 Å². The SMILES string of the molecule is Cn1c(C2CC2)nn(C[NH+]2CCCC[C@@H]2c2nc3ccccc3s2)c1=S. The lowest BCUT2D eigenvalue weighted by Crippen LogP contribution is -3.12. The largest absolute Gasteiger partial charge is 0.308 e. The maximum atomic E-state index is 5.67. The molecule has 7 heteroatoms. The van der Waals surface area contributed by atoms with Gasteiger partial charge in [0.05, 0.1) is 16.8 Å². The molecular weight excluding hydrogens is 362 g/mol. The second kappa shape index (κ2) is 6.55. The first-order valence-corrected chi connectivity index (χ1v) is 10.8. The van der Waals surface area contributed by atoms with E-state index in [0.29, 0.717) is 12.0 Å². The van der Waals surface area contributed by atoms with Crippen LogP contribution in [0, 0.1) is 4.77 Å². The number of likely N-dealkylation sites (tertiary alicyclic amines) is 1. The Labute approximate surface area is 162 Å². The van der Waals surface area contributed by atoms with E-state index in [9.17, 15) is 0 Å². The topological polar surface area (TPSA) is 40.1 Å². The van der Waals surface area contributed by atoms with Gasteiger partial charge in [-0.3, -0.25) is 0 Å². The number of benzene rings is 1. The lowest BCUT2D eigenvalue weighted by Gasteiger charge is -2.30. The molecule has 0 spiro atoms. The van der Waals surface area contributed by atoms with E-state index >= 15 is 0 Å². The van der Waals surface area contributed by atoms with Crippen molar-refractivity contribution in [2.24, 2.45) is 7.05 Å². The summed E-state index contributed by atoms with van der Waals surface area (Å²) in [6.45, 7) is 2.01. The number of rotatable bonds is 4. The Bertz CT molecular complexity index is 964. The minimum atomic E-state index is 0.453. The monoisotopic (exact) mass is 386 g/mol. The predicted molar refractivity (Wildman–Crippen MR) is 106 cm³/mol. The summed E-state index contributed by atoms with van der Waals surface area (Å²) in [5, 5.41) is 6.14. The first-order valence-electron chi connectivity index (χ1n) is 9.54. The normalized spacial score (nSPS) is 23.6. The maximum Gasteiger partial charge on any atom is 0.202 e. The number of quaternary nitrogens is 1. The molecule has 1 aliphatic heterocycles. The van der Waals surface area contributed by atoms with Crippen molar-refractivity contribution >= 4 is 33.8 Å². The summed E-state index contributed by atoms with van der Waals surface area (Å²) in [6.07, 6.45) is 6.26. The molecule has 3 aromatic rings. The van der Waals surface area contributed by atoms with Crippen LogP contribution in [0.15, 0.2) is 24.3 Å². The van der Waals surface area contributed by atoms with Crippen LogP contribution in [0.1, 0.15) is 54.9 Å². The molecule has 1 N–H and O–H groups in total. The smallest absolute Gasteiger partial charge is 0.202 e. The predicted octanol–water partition coefficient (Wildman–Crippen LogP) is 3.21. The van der Waals surface area contributed by atoms with Crippen LogP contribution in [0.3, 0.4) is 0 Å². The zero-order chi connectivity index (χ0) is 17.7. The third-order valence-corrected chi connectivity index (χ3v) is 7.35. The van der Waals surface area contributed by atoms with Crippen LogP contribution in [0.4, 0.5) is 0 Å². The fourth-order valence-corrected chi connectivity index (χ4v) is 5.46. The van der Waals surface area contributed by atoms with E-state index in [1.54, 1.807) is 4.90 Å². The number of aromatic nitrogens is 4. The molecule has 2 atom stereocenters. The highest BCUT2D eigenvalue weighted by atomic mass is 32.1. The van der Waals surface area contributed by atoms with Crippen molar-refractivity contribution in [2.75, 3.05) is 6.54 Å². The molecule has 1 aromatic carbocycles. The van der Waals surface area contributed by atoms with Crippen LogP contribution in [0.5, 0.6) is 0 Å². The van der Waals surface area contributed by atoms with Crippen LogP contribution in [-0.2, 0) is 13.7 Å². The van der Waals surface area contributed by atoms with E-state index in [2.05, 4.69) is 40.6 Å². The second-order valence-corrected chi connectivity index (χ2v) is 9.04. The molecule has 0 radical (unpaired) electrons. The maximum absolute atomic E-state index is 5.67. The van der Waals surface area contributed by atoms with Crippen molar-refractivity contribution in [3.63, 3.8) is 0 Å². The zero-order valence-corrected chi connectivity index (χ0v) is 16.7. The fraction of sp³-hybridized carbons (Fsp3) is 0.526. The van der Waals surface area contributed by atoms with Crippen molar-refractivity contribution in [2.45, 2.75) is 50.7 Å². The molecule has 2 aliphatic rings. The number of hydrogen-bond acceptors (Lipinski definition) is 4. The van der Waals surface area contributed by atoms with Gasteiger partial charge in [0, 0.05) is 19.4 Å². The lowest BCUT2D eigenvalue weighted by molar-refractivity contribution is -0.959. The van der Waals surface area contributed by atoms with Crippen molar-refractivity contribution in [3.8, 4) is 0 Å². The number of hydrogen-bond donors (Lipinski definition) is 1. The summed E-state index contributed by atoms with van der Waals surface area (Å²) in [5.74, 6) is 1.79. The van der Waals surface area contributed by atoms with E-state index in [-0.39, 0.29) is 0 Å². The van der Waals surface area contributed by atoms with Crippen LogP contribution in [-0.4, -0.2) is 25.9 Å². The molecule has 2 aromatic heterocycles. The molecule has 1 unspecified atom stereocenters. The molecule has 26 heavy (non-hydrogen) atoms. The van der Waals surface area contributed by atoms with Crippen LogP contribution in [0.25, 0.3) is 10.2 Å². The highest BCUT2D eigenvalue weighted by molar-refractivity contribution is 7.71. The molecule has 5 nitrogen and oxygen atoms in total. The van der Waals surface area contributed by atoms with Crippen LogP contribution < -0.4 is 4.90 Å². The van der Waals surface area contributed by atoms with E-state index in [4.69, 9.17) is 22.3 Å². The second-order valence-electron chi connectivity index (χ2n) is 7.61. The minimum Gasteiger partial charge on any atom is -0.308 e. The van der Waals surface area contributed by atoms with Gasteiger partial charge in [-0.2, -0.15) is 9.78 Å². The summed E-state index contributed by atoms with van der Waals surface area (Å²) in [5.41, 5.74) is 1.13. The summed E-state index contributed by atoms with van der Waals surface area (Å²) < 4.78 is 6.32. The van der Waals surface area contributed by atoms with Gasteiger partial charge in [-0.1, -0.05) is 12.1 Å². The Morgan fingerprint density at radius 2 is 2.08 bits per heavy atom. The number of para-hydroxylation sites is 1. The Hall–Kier alpha value is -1.57. The molecule has 2 fully saturated rings. The molecule has 0 amide bonds. The van der Waals surface area contributed by atoms with E-state index in [1.165, 1.54) is 47.6 Å². The van der Waals surface area contributed by atoms with Gasteiger partial charge in [0.15, 0.2) is 11.7 Å². The van der Waals surface area contributed by atoms with Gasteiger partial charge >= 0.3 is 0 Å². The standard InChI is InChI=1S/C19H23N5S2/c1-22-17(13-9-10-13)21-24(19(22)25)12-23-11-5-4-7-15(23)18-20-14-6-2-3-8-16(14)26-18/h2-3,6,8,13,15H,4-5,7,9-12H2,1H3/p+1/t15-/m1/s1. The molecule has 3 heterocycles. The number of piperidine rings is 1. The average molecular weight is 387 g/mol. The van der Waals surface area contributed by atoms with E-state index in [1.807, 2.05) is 11.3 Å². The van der Waals surface area contributed by atoms with Crippen LogP contribution >= 0.6 is 23.6 Å². The quantitative estimate of drug-likeness (QED) is 0.700. The molecule has 1 saturated carbocycles. The van der Waals surface area contributed by atoms with Gasteiger partial charge in [-0.25, -0.2) is 4.98 Å². The van der Waals surface area contributed by atoms with Crippen molar-refractivity contribution in [3.05, 3.63) is 39.9 Å². The van der Waals surface area contributed by atoms with Gasteiger partial charge in [-0.05, 0) is 50.0 Å². The van der Waals surface area contributed by atoms with Gasteiger partial charge < -0.3 is 9.47 Å². The Morgan fingerprint density at radius 1 is 1.23 bits per heavy atom. The summed E-state index contributed by atoms with van der Waals surface area (Å²) in [6, 6.07) is 8.92. The first-order chi connectivity index (χ1) is 12.7. The van der Waals surface area contributed by atoms with Crippen molar-refractivity contribution in [1.82, 2.24) is 19.3 Å².